The van der Waals surface area contributed by atoms with Gasteiger partial charge in [-0.25, -0.2) is 0 Å². The van der Waals surface area contributed by atoms with Gasteiger partial charge in [-0.3, -0.25) is 0 Å². The van der Waals surface area contributed by atoms with Crippen LogP contribution >= 0.6 is 12.6 Å². The molecule has 3 heteroatoms. The Morgan fingerprint density at radius 2 is 2.00 bits per heavy atom. The molecule has 0 radical (unpaired) electrons. The molecule has 0 bridgehead atoms. The summed E-state index contributed by atoms with van der Waals surface area (Å²) >= 11 is 4.32. The summed E-state index contributed by atoms with van der Waals surface area (Å²) in [6, 6.07) is 0. The second kappa shape index (κ2) is 2.81. The van der Waals surface area contributed by atoms with Gasteiger partial charge >= 0.3 is 0 Å². The molecule has 0 saturated carbocycles. The number of allylic oxidation sites excluding steroid dienone is 1. The highest BCUT2D eigenvalue weighted by Gasteiger charge is 2.18. The van der Waals surface area contributed by atoms with Crippen LogP contribution in [0, 0.1) is 0 Å². The van der Waals surface area contributed by atoms with Crippen molar-refractivity contribution in [1.29, 1.82) is 0 Å². The summed E-state index contributed by atoms with van der Waals surface area (Å²) in [7, 11) is 0. The Kier molecular flexibility index (Phi) is 1.82. The van der Waals surface area contributed by atoms with E-state index in [-0.39, 0.29) is 5.25 Å². The summed E-state index contributed by atoms with van der Waals surface area (Å²) < 4.78 is 10.7. The van der Waals surface area contributed by atoms with Crippen molar-refractivity contribution in [3.05, 3.63) is 23.7 Å². The Labute approximate surface area is 71.3 Å². The van der Waals surface area contributed by atoms with Gasteiger partial charge in [0.1, 0.15) is 13.2 Å². The average Bonchev–Trinajstić information content (AvgIpc) is 2.04. The second-order valence-corrected chi connectivity index (χ2v) is 3.26. The van der Waals surface area contributed by atoms with Crippen molar-refractivity contribution in [2.45, 2.75) is 11.7 Å². The Morgan fingerprint density at radius 3 is 2.82 bits per heavy atom. The lowest BCUT2D eigenvalue weighted by atomic mass is 10.1. The van der Waals surface area contributed by atoms with E-state index in [9.17, 15) is 0 Å². The molecule has 0 spiro atoms. The molecule has 2 nitrogen and oxygen atoms in total. The van der Waals surface area contributed by atoms with Gasteiger partial charge in [0.15, 0.2) is 11.5 Å². The summed E-state index contributed by atoms with van der Waals surface area (Å²) in [5.41, 5.74) is 0. The smallest absolute Gasteiger partial charge is 0.158 e. The summed E-state index contributed by atoms with van der Waals surface area (Å²) in [5.74, 6) is 1.75. The third-order valence-electron chi connectivity index (χ3n) is 1.73. The van der Waals surface area contributed by atoms with E-state index in [2.05, 4.69) is 12.6 Å². The fourth-order valence-electron chi connectivity index (χ4n) is 1.21. The Morgan fingerprint density at radius 1 is 1.27 bits per heavy atom. The average molecular weight is 170 g/mol. The minimum Gasteiger partial charge on any atom is -0.486 e. The van der Waals surface area contributed by atoms with Crippen molar-refractivity contribution in [3.63, 3.8) is 0 Å². The zero-order valence-corrected chi connectivity index (χ0v) is 7.01. The molecule has 0 aromatic rings. The summed E-state index contributed by atoms with van der Waals surface area (Å²) in [6.45, 7) is 1.32. The van der Waals surface area contributed by atoms with Crippen LogP contribution in [0.1, 0.15) is 6.42 Å². The van der Waals surface area contributed by atoms with Gasteiger partial charge in [-0.2, -0.15) is 12.6 Å². The van der Waals surface area contributed by atoms with Crippen molar-refractivity contribution in [2.75, 3.05) is 13.2 Å². The van der Waals surface area contributed by atoms with Crippen LogP contribution < -0.4 is 0 Å². The highest BCUT2D eigenvalue weighted by atomic mass is 32.1. The van der Waals surface area contributed by atoms with E-state index in [0.717, 1.165) is 17.9 Å². The van der Waals surface area contributed by atoms with Crippen molar-refractivity contribution in [2.24, 2.45) is 0 Å². The molecule has 1 saturated heterocycles. The lowest BCUT2D eigenvalue weighted by molar-refractivity contribution is 0.0572. The molecular formula is C8H10O2S. The van der Waals surface area contributed by atoms with Gasteiger partial charge in [0, 0.05) is 5.25 Å². The molecule has 11 heavy (non-hydrogen) atoms. The molecule has 60 valence electrons. The Balaban J connectivity index is 2.19. The largest absolute Gasteiger partial charge is 0.486 e. The highest BCUT2D eigenvalue weighted by molar-refractivity contribution is 7.81. The predicted octanol–water partition coefficient (Wildman–Crippen LogP) is 1.50. The summed E-state index contributed by atoms with van der Waals surface area (Å²) in [6.07, 6.45) is 4.97. The first-order chi connectivity index (χ1) is 5.36. The summed E-state index contributed by atoms with van der Waals surface area (Å²) in [5, 5.41) is 0.287. The van der Waals surface area contributed by atoms with E-state index >= 15 is 0 Å². The third kappa shape index (κ3) is 1.38. The monoisotopic (exact) mass is 170 g/mol. The van der Waals surface area contributed by atoms with Gasteiger partial charge in [0.05, 0.1) is 0 Å². The number of rotatable bonds is 0. The predicted molar refractivity (Wildman–Crippen MR) is 45.5 cm³/mol. The maximum atomic E-state index is 5.37. The number of fused-ring (bicyclic) bond motifs is 1. The van der Waals surface area contributed by atoms with Crippen molar-refractivity contribution >= 4 is 12.6 Å². The highest BCUT2D eigenvalue weighted by Crippen LogP contribution is 2.25. The van der Waals surface area contributed by atoms with Gasteiger partial charge in [0.25, 0.3) is 0 Å². The van der Waals surface area contributed by atoms with Crippen LogP contribution in [0.4, 0.5) is 0 Å². The van der Waals surface area contributed by atoms with E-state index in [1.165, 1.54) is 0 Å². The van der Waals surface area contributed by atoms with Crippen LogP contribution in [-0.4, -0.2) is 18.5 Å². The molecule has 1 atom stereocenters. The molecule has 1 aliphatic heterocycles. The molecule has 2 rings (SSSR count). The van der Waals surface area contributed by atoms with Gasteiger partial charge in [0.2, 0.25) is 0 Å². The molecule has 1 unspecified atom stereocenters. The SMILES string of the molecule is SC1C=C2OCCOC2=CC1. The molecule has 1 heterocycles. The van der Waals surface area contributed by atoms with Crippen molar-refractivity contribution in [3.8, 4) is 0 Å². The quantitative estimate of drug-likeness (QED) is 0.555. The molecule has 0 amide bonds. The van der Waals surface area contributed by atoms with Crippen molar-refractivity contribution in [1.82, 2.24) is 0 Å². The zero-order valence-electron chi connectivity index (χ0n) is 6.12. The second-order valence-electron chi connectivity index (χ2n) is 2.60. The minimum absolute atomic E-state index is 0.287. The molecular weight excluding hydrogens is 160 g/mol. The van der Waals surface area contributed by atoms with E-state index < -0.39 is 0 Å². The van der Waals surface area contributed by atoms with Crippen LogP contribution in [0.25, 0.3) is 0 Å². The van der Waals surface area contributed by atoms with E-state index in [4.69, 9.17) is 9.47 Å². The lowest BCUT2D eigenvalue weighted by Crippen LogP contribution is -2.17. The fraction of sp³-hybridized carbons (Fsp3) is 0.500. The normalized spacial score (nSPS) is 29.0. The maximum Gasteiger partial charge on any atom is 0.158 e. The zero-order chi connectivity index (χ0) is 7.68. The van der Waals surface area contributed by atoms with E-state index in [1.807, 2.05) is 12.2 Å². The summed E-state index contributed by atoms with van der Waals surface area (Å²) in [4.78, 5) is 0. The van der Waals surface area contributed by atoms with Crippen LogP contribution in [0.5, 0.6) is 0 Å². The Bertz CT molecular complexity index is 220. The van der Waals surface area contributed by atoms with Crippen LogP contribution in [0.3, 0.4) is 0 Å². The number of hydrogen-bond donors (Lipinski definition) is 1. The fourth-order valence-corrected chi connectivity index (χ4v) is 1.45. The molecule has 1 fully saturated rings. The molecule has 0 N–H and O–H groups in total. The molecule has 0 aromatic carbocycles. The van der Waals surface area contributed by atoms with Gasteiger partial charge < -0.3 is 9.47 Å². The van der Waals surface area contributed by atoms with Crippen molar-refractivity contribution < 1.29 is 9.47 Å². The van der Waals surface area contributed by atoms with Crippen LogP contribution in [0.15, 0.2) is 23.7 Å². The van der Waals surface area contributed by atoms with E-state index in [0.29, 0.717) is 13.2 Å². The number of hydrogen-bond acceptors (Lipinski definition) is 3. The molecule has 2 aliphatic rings. The first kappa shape index (κ1) is 7.10. The van der Waals surface area contributed by atoms with Gasteiger partial charge in [-0.15, -0.1) is 0 Å². The number of thiol groups is 1. The topological polar surface area (TPSA) is 18.5 Å². The van der Waals surface area contributed by atoms with Crippen LogP contribution in [-0.2, 0) is 9.47 Å². The first-order valence-electron chi connectivity index (χ1n) is 3.72. The molecule has 1 aliphatic carbocycles. The minimum atomic E-state index is 0.287. The first-order valence-corrected chi connectivity index (χ1v) is 4.24. The number of ether oxygens (including phenoxy) is 2. The van der Waals surface area contributed by atoms with Gasteiger partial charge in [-0.05, 0) is 18.6 Å². The lowest BCUT2D eigenvalue weighted by Gasteiger charge is -2.24. The molecule has 0 aromatic heterocycles. The third-order valence-corrected chi connectivity index (χ3v) is 2.09. The van der Waals surface area contributed by atoms with Crippen LogP contribution in [0.2, 0.25) is 0 Å². The Hall–Kier alpha value is -0.570. The maximum absolute atomic E-state index is 5.37. The van der Waals surface area contributed by atoms with E-state index in [1.54, 1.807) is 0 Å². The standard InChI is InChI=1S/C8H10O2S/c11-6-1-2-7-8(5-6)10-4-3-9-7/h2,5-6,11H,1,3-4H2. The van der Waals surface area contributed by atoms with Gasteiger partial charge in [-0.1, -0.05) is 0 Å².